The van der Waals surface area contributed by atoms with Gasteiger partial charge in [-0.25, -0.2) is 8.42 Å². The van der Waals surface area contributed by atoms with Gasteiger partial charge >= 0.3 is 0 Å². The summed E-state index contributed by atoms with van der Waals surface area (Å²) in [6, 6.07) is 1.67. The van der Waals surface area contributed by atoms with Gasteiger partial charge in [-0.3, -0.25) is 0 Å². The van der Waals surface area contributed by atoms with E-state index in [2.05, 4.69) is 5.32 Å². The Morgan fingerprint density at radius 2 is 2.10 bits per heavy atom. The second-order valence-corrected chi connectivity index (χ2v) is 7.63. The maximum Gasteiger partial charge on any atom is 0.246 e. The minimum Gasteiger partial charge on any atom is -0.464 e. The molecule has 0 unspecified atom stereocenters. The van der Waals surface area contributed by atoms with Crippen molar-refractivity contribution in [2.45, 2.75) is 51.5 Å². The van der Waals surface area contributed by atoms with E-state index >= 15 is 0 Å². The van der Waals surface area contributed by atoms with Crippen LogP contribution in [-0.2, 0) is 16.6 Å². The smallest absolute Gasteiger partial charge is 0.246 e. The average molecular weight is 314 g/mol. The summed E-state index contributed by atoms with van der Waals surface area (Å²) in [5.41, 5.74) is 0. The summed E-state index contributed by atoms with van der Waals surface area (Å²) in [6.07, 6.45) is 3.12. The Bertz CT molecular complexity index is 561. The van der Waals surface area contributed by atoms with Crippen LogP contribution in [0, 0.1) is 12.8 Å². The zero-order valence-corrected chi connectivity index (χ0v) is 14.0. The van der Waals surface area contributed by atoms with Gasteiger partial charge in [0.1, 0.15) is 16.4 Å². The van der Waals surface area contributed by atoms with Gasteiger partial charge in [-0.05, 0) is 38.6 Å². The minimum atomic E-state index is -3.44. The fraction of sp³-hybridized carbons (Fsp3) is 0.733. The van der Waals surface area contributed by atoms with Gasteiger partial charge < -0.3 is 9.73 Å². The van der Waals surface area contributed by atoms with Crippen LogP contribution in [0.2, 0.25) is 0 Å². The largest absolute Gasteiger partial charge is 0.464 e. The van der Waals surface area contributed by atoms with Crippen molar-refractivity contribution in [1.29, 1.82) is 0 Å². The number of aryl methyl sites for hydroxylation is 1. The van der Waals surface area contributed by atoms with E-state index in [0.717, 1.165) is 25.8 Å². The third-order valence-corrected chi connectivity index (χ3v) is 5.69. The van der Waals surface area contributed by atoms with E-state index in [9.17, 15) is 8.42 Å². The first-order valence-corrected chi connectivity index (χ1v) is 9.23. The predicted octanol–water partition coefficient (Wildman–Crippen LogP) is 2.51. The van der Waals surface area contributed by atoms with Gasteiger partial charge in [-0.15, -0.1) is 0 Å². The summed E-state index contributed by atoms with van der Waals surface area (Å²) in [7, 11) is -3.44. The normalized spacial score (nSPS) is 15.8. The summed E-state index contributed by atoms with van der Waals surface area (Å²) in [5, 5.41) is 3.15. The van der Waals surface area contributed by atoms with Crippen LogP contribution in [-0.4, -0.2) is 32.4 Å². The molecule has 1 aliphatic rings. The first kappa shape index (κ1) is 16.5. The van der Waals surface area contributed by atoms with Gasteiger partial charge in [0.25, 0.3) is 0 Å². The molecule has 0 atom stereocenters. The zero-order valence-electron chi connectivity index (χ0n) is 13.2. The lowest BCUT2D eigenvalue weighted by Crippen LogP contribution is -2.33. The van der Waals surface area contributed by atoms with Crippen molar-refractivity contribution in [2.75, 3.05) is 19.6 Å². The molecule has 6 heteroatoms. The van der Waals surface area contributed by atoms with Crippen LogP contribution in [0.3, 0.4) is 0 Å². The molecule has 0 amide bonds. The highest BCUT2D eigenvalue weighted by atomic mass is 32.2. The molecule has 120 valence electrons. The molecule has 1 heterocycles. The number of furan rings is 1. The third kappa shape index (κ3) is 4.08. The molecule has 1 saturated carbocycles. The molecule has 1 fully saturated rings. The standard InChI is InChI=1S/C15H26N2O3S/c1-4-8-17(11-13-6-7-13)21(18,19)15-9-14(10-16-5-2)20-12(15)3/h9,13,16H,4-8,10-11H2,1-3H3. The number of sulfonamides is 1. The molecule has 0 radical (unpaired) electrons. The van der Waals surface area contributed by atoms with Crippen LogP contribution in [0.5, 0.6) is 0 Å². The van der Waals surface area contributed by atoms with Crippen molar-refractivity contribution in [3.63, 3.8) is 0 Å². The summed E-state index contributed by atoms with van der Waals surface area (Å²) in [5.74, 6) is 1.70. The van der Waals surface area contributed by atoms with Gasteiger partial charge in [0.05, 0.1) is 6.54 Å². The van der Waals surface area contributed by atoms with E-state index in [4.69, 9.17) is 4.42 Å². The minimum absolute atomic E-state index is 0.324. The number of nitrogens with one attached hydrogen (secondary N) is 1. The highest BCUT2D eigenvalue weighted by molar-refractivity contribution is 7.89. The van der Waals surface area contributed by atoms with Crippen molar-refractivity contribution in [3.8, 4) is 0 Å². The van der Waals surface area contributed by atoms with Crippen LogP contribution in [0.25, 0.3) is 0 Å². The molecular formula is C15H26N2O3S. The van der Waals surface area contributed by atoms with Gasteiger partial charge in [0, 0.05) is 19.2 Å². The molecule has 1 aromatic rings. The zero-order chi connectivity index (χ0) is 15.5. The van der Waals surface area contributed by atoms with E-state index < -0.39 is 10.0 Å². The lowest BCUT2D eigenvalue weighted by molar-refractivity contribution is 0.393. The first-order chi connectivity index (χ1) is 9.98. The third-order valence-electron chi connectivity index (χ3n) is 3.72. The fourth-order valence-electron chi connectivity index (χ4n) is 2.40. The lowest BCUT2D eigenvalue weighted by atomic mass is 10.4. The summed E-state index contributed by atoms with van der Waals surface area (Å²) in [6.45, 7) is 8.34. The highest BCUT2D eigenvalue weighted by Gasteiger charge is 2.33. The van der Waals surface area contributed by atoms with Crippen molar-refractivity contribution in [2.24, 2.45) is 5.92 Å². The molecule has 5 nitrogen and oxygen atoms in total. The molecule has 0 spiro atoms. The van der Waals surface area contributed by atoms with E-state index in [1.54, 1.807) is 17.3 Å². The fourth-order valence-corrected chi connectivity index (χ4v) is 4.20. The van der Waals surface area contributed by atoms with Crippen LogP contribution >= 0.6 is 0 Å². The molecule has 0 aliphatic heterocycles. The van der Waals surface area contributed by atoms with Crippen LogP contribution < -0.4 is 5.32 Å². The Kier molecular flexibility index (Phi) is 5.46. The van der Waals surface area contributed by atoms with Crippen LogP contribution in [0.15, 0.2) is 15.4 Å². The molecule has 21 heavy (non-hydrogen) atoms. The Labute approximate surface area is 127 Å². The number of hydrogen-bond donors (Lipinski definition) is 1. The van der Waals surface area contributed by atoms with E-state index in [-0.39, 0.29) is 0 Å². The van der Waals surface area contributed by atoms with Crippen LogP contribution in [0.4, 0.5) is 0 Å². The van der Waals surface area contributed by atoms with E-state index in [1.165, 1.54) is 0 Å². The molecule has 0 aromatic carbocycles. The van der Waals surface area contributed by atoms with Gasteiger partial charge in [0.15, 0.2) is 0 Å². The van der Waals surface area contributed by atoms with Crippen molar-refractivity contribution in [1.82, 2.24) is 9.62 Å². The summed E-state index contributed by atoms with van der Waals surface area (Å²) in [4.78, 5) is 0.324. The molecule has 1 aliphatic carbocycles. The summed E-state index contributed by atoms with van der Waals surface area (Å²) < 4.78 is 32.9. The Morgan fingerprint density at radius 1 is 1.38 bits per heavy atom. The van der Waals surface area contributed by atoms with E-state index in [0.29, 0.717) is 42.0 Å². The quantitative estimate of drug-likeness (QED) is 0.761. The second kappa shape index (κ2) is 6.94. The molecule has 0 saturated heterocycles. The maximum atomic E-state index is 12.8. The number of rotatable bonds is 9. The predicted molar refractivity (Wildman–Crippen MR) is 82.6 cm³/mol. The van der Waals surface area contributed by atoms with Crippen LogP contribution in [0.1, 0.15) is 44.6 Å². The van der Waals surface area contributed by atoms with Gasteiger partial charge in [-0.2, -0.15) is 4.31 Å². The monoisotopic (exact) mass is 314 g/mol. The lowest BCUT2D eigenvalue weighted by Gasteiger charge is -2.20. The second-order valence-electron chi connectivity index (χ2n) is 5.72. The number of nitrogens with zero attached hydrogens (tertiary/aromatic N) is 1. The molecule has 1 aromatic heterocycles. The molecule has 2 rings (SSSR count). The molecule has 0 bridgehead atoms. The SMILES string of the molecule is CCCN(CC1CC1)S(=O)(=O)c1cc(CNCC)oc1C. The van der Waals surface area contributed by atoms with Crippen molar-refractivity contribution < 1.29 is 12.8 Å². The maximum absolute atomic E-state index is 12.8. The highest BCUT2D eigenvalue weighted by Crippen LogP contribution is 2.32. The molecule has 1 N–H and O–H groups in total. The Morgan fingerprint density at radius 3 is 2.67 bits per heavy atom. The van der Waals surface area contributed by atoms with Crippen molar-refractivity contribution >= 4 is 10.0 Å². The van der Waals surface area contributed by atoms with E-state index in [1.807, 2.05) is 13.8 Å². The van der Waals surface area contributed by atoms with Crippen molar-refractivity contribution in [3.05, 3.63) is 17.6 Å². The van der Waals surface area contributed by atoms with Gasteiger partial charge in [-0.1, -0.05) is 13.8 Å². The topological polar surface area (TPSA) is 62.6 Å². The number of hydrogen-bond acceptors (Lipinski definition) is 4. The first-order valence-electron chi connectivity index (χ1n) is 7.79. The Hall–Kier alpha value is -0.850. The molecular weight excluding hydrogens is 288 g/mol. The average Bonchev–Trinajstić information content (AvgIpc) is 3.17. The van der Waals surface area contributed by atoms with Gasteiger partial charge in [0.2, 0.25) is 10.0 Å². The summed E-state index contributed by atoms with van der Waals surface area (Å²) >= 11 is 0. The Balaban J connectivity index is 2.21.